The van der Waals surface area contributed by atoms with Crippen LogP contribution in [0.15, 0.2) is 30.4 Å². The van der Waals surface area contributed by atoms with Crippen molar-refractivity contribution in [3.8, 4) is 0 Å². The highest BCUT2D eigenvalue weighted by Gasteiger charge is 2.24. The van der Waals surface area contributed by atoms with E-state index in [1.54, 1.807) is 25.1 Å². The molecule has 17 heavy (non-hydrogen) atoms. The number of hydrogen-bond donors (Lipinski definition) is 1. The van der Waals surface area contributed by atoms with Gasteiger partial charge in [0.1, 0.15) is 0 Å². The first-order valence-electron chi connectivity index (χ1n) is 5.27. The Hall–Kier alpha value is -0.990. The van der Waals surface area contributed by atoms with E-state index >= 15 is 0 Å². The van der Waals surface area contributed by atoms with Crippen molar-refractivity contribution in [2.45, 2.75) is 26.3 Å². The van der Waals surface area contributed by atoms with Crippen LogP contribution < -0.4 is 5.32 Å². The summed E-state index contributed by atoms with van der Waals surface area (Å²) in [7, 11) is 0. The van der Waals surface area contributed by atoms with E-state index in [1.807, 2.05) is 19.9 Å². The Bertz CT molecular complexity index is 453. The fraction of sp³-hybridized carbons (Fsp3) is 0.308. The Kier molecular flexibility index (Phi) is 4.61. The average Bonchev–Trinajstić information content (AvgIpc) is 2.15. The standard InChI is InChI=1S/C13H15Cl2NO/c1-4-5-12(17)16-13(2,3)10-7-6-9(14)8-11(10)15/h4-8H,1-3H3,(H,16,17)/b5-4+. The summed E-state index contributed by atoms with van der Waals surface area (Å²) in [4.78, 5) is 11.5. The van der Waals surface area contributed by atoms with Crippen molar-refractivity contribution in [1.29, 1.82) is 0 Å². The summed E-state index contributed by atoms with van der Waals surface area (Å²) in [6.45, 7) is 5.58. The van der Waals surface area contributed by atoms with E-state index in [9.17, 15) is 4.79 Å². The second kappa shape index (κ2) is 5.56. The highest BCUT2D eigenvalue weighted by Crippen LogP contribution is 2.29. The first-order valence-corrected chi connectivity index (χ1v) is 6.03. The number of amides is 1. The van der Waals surface area contributed by atoms with Crippen LogP contribution in [0.5, 0.6) is 0 Å². The van der Waals surface area contributed by atoms with Crippen LogP contribution >= 0.6 is 23.2 Å². The predicted octanol–water partition coefficient (Wildman–Crippen LogP) is 3.92. The molecule has 0 heterocycles. The lowest BCUT2D eigenvalue weighted by atomic mass is 9.94. The first-order chi connectivity index (χ1) is 7.86. The molecule has 0 unspecified atom stereocenters. The van der Waals surface area contributed by atoms with E-state index in [0.717, 1.165) is 5.56 Å². The Morgan fingerprint density at radius 3 is 2.53 bits per heavy atom. The smallest absolute Gasteiger partial charge is 0.244 e. The van der Waals surface area contributed by atoms with Gasteiger partial charge in [0.05, 0.1) is 5.54 Å². The van der Waals surface area contributed by atoms with Gasteiger partial charge in [-0.15, -0.1) is 0 Å². The zero-order valence-electron chi connectivity index (χ0n) is 10.1. The minimum Gasteiger partial charge on any atom is -0.344 e. The Morgan fingerprint density at radius 2 is 2.00 bits per heavy atom. The fourth-order valence-corrected chi connectivity index (χ4v) is 2.21. The Labute approximate surface area is 112 Å². The normalized spacial score (nSPS) is 11.8. The molecular formula is C13H15Cl2NO. The summed E-state index contributed by atoms with van der Waals surface area (Å²) in [6.07, 6.45) is 3.17. The maximum Gasteiger partial charge on any atom is 0.244 e. The highest BCUT2D eigenvalue weighted by atomic mass is 35.5. The number of halogens is 2. The zero-order valence-corrected chi connectivity index (χ0v) is 11.6. The van der Waals surface area contributed by atoms with Gasteiger partial charge in [-0.2, -0.15) is 0 Å². The van der Waals surface area contributed by atoms with Crippen molar-refractivity contribution < 1.29 is 4.79 Å². The van der Waals surface area contributed by atoms with Crippen molar-refractivity contribution in [2.75, 3.05) is 0 Å². The lowest BCUT2D eigenvalue weighted by molar-refractivity contribution is -0.118. The van der Waals surface area contributed by atoms with Crippen molar-refractivity contribution in [2.24, 2.45) is 0 Å². The number of rotatable bonds is 3. The Morgan fingerprint density at radius 1 is 1.35 bits per heavy atom. The quantitative estimate of drug-likeness (QED) is 0.830. The molecule has 4 heteroatoms. The van der Waals surface area contributed by atoms with Crippen LogP contribution in [0.1, 0.15) is 26.3 Å². The molecule has 0 aromatic heterocycles. The van der Waals surface area contributed by atoms with Crippen molar-refractivity contribution in [3.05, 3.63) is 46.0 Å². The van der Waals surface area contributed by atoms with Gasteiger partial charge in [-0.1, -0.05) is 35.3 Å². The third kappa shape index (κ3) is 3.76. The summed E-state index contributed by atoms with van der Waals surface area (Å²) in [5, 5.41) is 4.00. The van der Waals surface area contributed by atoms with E-state index in [4.69, 9.17) is 23.2 Å². The summed E-state index contributed by atoms with van der Waals surface area (Å²) in [5.41, 5.74) is 0.291. The van der Waals surface area contributed by atoms with Gasteiger partial charge in [0.15, 0.2) is 0 Å². The molecule has 2 nitrogen and oxygen atoms in total. The lowest BCUT2D eigenvalue weighted by Gasteiger charge is -2.27. The third-order valence-corrected chi connectivity index (χ3v) is 2.91. The average molecular weight is 272 g/mol. The molecule has 92 valence electrons. The predicted molar refractivity (Wildman–Crippen MR) is 72.4 cm³/mol. The van der Waals surface area contributed by atoms with Gasteiger partial charge in [-0.25, -0.2) is 0 Å². The van der Waals surface area contributed by atoms with Crippen LogP contribution in [0.25, 0.3) is 0 Å². The number of nitrogens with one attached hydrogen (secondary N) is 1. The van der Waals surface area contributed by atoms with E-state index in [1.165, 1.54) is 6.08 Å². The van der Waals surface area contributed by atoms with E-state index in [2.05, 4.69) is 5.32 Å². The summed E-state index contributed by atoms with van der Waals surface area (Å²) in [6, 6.07) is 5.24. The molecule has 1 N–H and O–H groups in total. The molecular weight excluding hydrogens is 257 g/mol. The number of carbonyl (C=O) groups excluding carboxylic acids is 1. The minimum atomic E-state index is -0.543. The first kappa shape index (κ1) is 14.1. The Balaban J connectivity index is 3.00. The van der Waals surface area contributed by atoms with Gasteiger partial charge in [0.2, 0.25) is 5.91 Å². The van der Waals surface area contributed by atoms with Crippen molar-refractivity contribution in [3.63, 3.8) is 0 Å². The molecule has 1 aromatic carbocycles. The van der Waals surface area contributed by atoms with Gasteiger partial charge in [0.25, 0.3) is 0 Å². The van der Waals surface area contributed by atoms with Gasteiger partial charge in [0, 0.05) is 10.0 Å². The fourth-order valence-electron chi connectivity index (χ4n) is 1.56. The molecule has 0 saturated carbocycles. The second-order valence-corrected chi connectivity index (χ2v) is 5.08. The summed E-state index contributed by atoms with van der Waals surface area (Å²) >= 11 is 12.0. The number of carbonyl (C=O) groups is 1. The van der Waals surface area contributed by atoms with Gasteiger partial charge in [-0.05, 0) is 44.5 Å². The van der Waals surface area contributed by atoms with E-state index < -0.39 is 5.54 Å². The second-order valence-electron chi connectivity index (χ2n) is 4.24. The van der Waals surface area contributed by atoms with E-state index in [-0.39, 0.29) is 5.91 Å². The molecule has 0 fully saturated rings. The van der Waals surface area contributed by atoms with Gasteiger partial charge < -0.3 is 5.32 Å². The monoisotopic (exact) mass is 271 g/mol. The molecule has 1 rings (SSSR count). The van der Waals surface area contributed by atoms with E-state index in [0.29, 0.717) is 10.0 Å². The largest absolute Gasteiger partial charge is 0.344 e. The molecule has 0 spiro atoms. The molecule has 0 aliphatic carbocycles. The number of allylic oxidation sites excluding steroid dienone is 1. The molecule has 0 radical (unpaired) electrons. The van der Waals surface area contributed by atoms with Crippen LogP contribution in [0.2, 0.25) is 10.0 Å². The minimum absolute atomic E-state index is 0.150. The van der Waals surface area contributed by atoms with Gasteiger partial charge >= 0.3 is 0 Å². The molecule has 1 amide bonds. The highest BCUT2D eigenvalue weighted by molar-refractivity contribution is 6.35. The van der Waals surface area contributed by atoms with Crippen LogP contribution in [0.3, 0.4) is 0 Å². The molecule has 0 aliphatic heterocycles. The molecule has 0 bridgehead atoms. The van der Waals surface area contributed by atoms with Crippen LogP contribution in [-0.2, 0) is 10.3 Å². The number of benzene rings is 1. The SMILES string of the molecule is C/C=C/C(=O)NC(C)(C)c1ccc(Cl)cc1Cl. The topological polar surface area (TPSA) is 29.1 Å². The van der Waals surface area contributed by atoms with Crippen molar-refractivity contribution >= 4 is 29.1 Å². The van der Waals surface area contributed by atoms with Crippen LogP contribution in [-0.4, -0.2) is 5.91 Å². The van der Waals surface area contributed by atoms with Crippen molar-refractivity contribution in [1.82, 2.24) is 5.32 Å². The molecule has 0 aliphatic rings. The molecule has 0 atom stereocenters. The van der Waals surface area contributed by atoms with Crippen LogP contribution in [0, 0.1) is 0 Å². The maximum atomic E-state index is 11.5. The third-order valence-electron chi connectivity index (χ3n) is 2.36. The lowest BCUT2D eigenvalue weighted by Crippen LogP contribution is -2.40. The number of hydrogen-bond acceptors (Lipinski definition) is 1. The summed E-state index contributed by atoms with van der Waals surface area (Å²) < 4.78 is 0. The zero-order chi connectivity index (χ0) is 13.1. The summed E-state index contributed by atoms with van der Waals surface area (Å²) in [5.74, 6) is -0.150. The molecule has 1 aromatic rings. The van der Waals surface area contributed by atoms with Gasteiger partial charge in [-0.3, -0.25) is 4.79 Å². The maximum absolute atomic E-state index is 11.5. The van der Waals surface area contributed by atoms with Crippen LogP contribution in [0.4, 0.5) is 0 Å². The molecule has 0 saturated heterocycles.